The second-order valence-electron chi connectivity index (χ2n) is 12.2. The van der Waals surface area contributed by atoms with Crippen molar-refractivity contribution in [2.24, 2.45) is 5.16 Å². The van der Waals surface area contributed by atoms with Crippen LogP contribution in [0.2, 0.25) is 20.1 Å². The number of halogens is 4. The van der Waals surface area contributed by atoms with E-state index in [1.807, 2.05) is 12.1 Å². The summed E-state index contributed by atoms with van der Waals surface area (Å²) in [5, 5.41) is 11.4. The van der Waals surface area contributed by atoms with Crippen molar-refractivity contribution in [1.29, 1.82) is 0 Å². The first-order chi connectivity index (χ1) is 23.0. The van der Waals surface area contributed by atoms with Crippen LogP contribution in [0.5, 0.6) is 0 Å². The molecule has 0 aliphatic carbocycles. The molecule has 0 bridgehead atoms. The largest absolute Gasteiger partial charge is 0.396 e. The van der Waals surface area contributed by atoms with Crippen molar-refractivity contribution in [3.63, 3.8) is 0 Å². The number of nitrogens with zero attached hydrogens (tertiary/aromatic N) is 4. The fraction of sp³-hybridized carbons (Fsp3) is 0.529. The van der Waals surface area contributed by atoms with Gasteiger partial charge in [0.05, 0.1) is 22.3 Å². The minimum Gasteiger partial charge on any atom is -0.396 e. The highest BCUT2D eigenvalue weighted by Crippen LogP contribution is 2.31. The van der Waals surface area contributed by atoms with Gasteiger partial charge in [0, 0.05) is 80.7 Å². The fourth-order valence-corrected chi connectivity index (χ4v) is 7.04. The highest BCUT2D eigenvalue weighted by Gasteiger charge is 2.30. The van der Waals surface area contributed by atoms with Gasteiger partial charge in [0.15, 0.2) is 0 Å². The highest BCUT2D eigenvalue weighted by atomic mass is 35.5. The van der Waals surface area contributed by atoms with Crippen LogP contribution in [0.25, 0.3) is 0 Å². The Morgan fingerprint density at radius 2 is 1.75 bits per heavy atom. The molecule has 2 heterocycles. The van der Waals surface area contributed by atoms with Gasteiger partial charge in [-0.1, -0.05) is 57.6 Å². The second-order valence-corrected chi connectivity index (χ2v) is 13.9. The molecule has 2 N–H and O–H groups in total. The van der Waals surface area contributed by atoms with Gasteiger partial charge in [-0.05, 0) is 74.5 Å². The molecule has 4 rings (SSSR count). The van der Waals surface area contributed by atoms with E-state index in [-0.39, 0.29) is 36.9 Å². The summed E-state index contributed by atoms with van der Waals surface area (Å²) < 4.78 is 0. The van der Waals surface area contributed by atoms with E-state index < -0.39 is 0 Å². The fourth-order valence-electron chi connectivity index (χ4n) is 6.20. The Bertz CT molecular complexity index is 1430. The molecule has 14 heteroatoms. The number of nitrogens with one attached hydrogen (secondary N) is 2. The third kappa shape index (κ3) is 11.1. The Morgan fingerprint density at radius 3 is 2.42 bits per heavy atom. The number of piperidine rings is 2. The van der Waals surface area contributed by atoms with Crippen molar-refractivity contribution in [1.82, 2.24) is 25.3 Å². The molecule has 0 aromatic heterocycles. The number of urea groups is 1. The summed E-state index contributed by atoms with van der Waals surface area (Å²) in [7, 11) is 3.25. The van der Waals surface area contributed by atoms with E-state index in [1.165, 1.54) is 0 Å². The highest BCUT2D eigenvalue weighted by molar-refractivity contribution is 6.42. The van der Waals surface area contributed by atoms with Gasteiger partial charge in [-0.3, -0.25) is 9.59 Å². The average Bonchev–Trinajstić information content (AvgIpc) is 3.07. The van der Waals surface area contributed by atoms with Crippen molar-refractivity contribution in [3.8, 4) is 0 Å². The van der Waals surface area contributed by atoms with Crippen LogP contribution in [0.1, 0.15) is 66.8 Å². The summed E-state index contributed by atoms with van der Waals surface area (Å²) >= 11 is 25.2. The molecule has 0 saturated carbocycles. The van der Waals surface area contributed by atoms with Crippen LogP contribution in [-0.2, 0) is 9.63 Å². The Labute approximate surface area is 303 Å². The summed E-state index contributed by atoms with van der Waals surface area (Å²) in [6, 6.07) is 10.3. The smallest absolute Gasteiger partial charge is 0.314 e. The number of carbonyl (C=O) groups excluding carboxylic acids is 3. The molecule has 2 aromatic carbocycles. The summed E-state index contributed by atoms with van der Waals surface area (Å²) in [6.07, 6.45) is 5.81. The van der Waals surface area contributed by atoms with Gasteiger partial charge >= 0.3 is 6.03 Å². The zero-order chi connectivity index (χ0) is 34.6. The number of likely N-dealkylation sites (tertiary alicyclic amines) is 2. The molecule has 2 aromatic rings. The molecular formula is C34H44Cl4N6O4. The van der Waals surface area contributed by atoms with Crippen molar-refractivity contribution in [3.05, 3.63) is 67.6 Å². The van der Waals surface area contributed by atoms with E-state index in [0.717, 1.165) is 57.4 Å². The Hall–Kier alpha value is -2.76. The number of hydrogen-bond acceptors (Lipinski definition) is 6. The molecule has 1 atom stereocenters. The molecule has 262 valence electrons. The van der Waals surface area contributed by atoms with Crippen LogP contribution < -0.4 is 10.6 Å². The van der Waals surface area contributed by atoms with Gasteiger partial charge in [0.2, 0.25) is 5.91 Å². The molecule has 0 radical (unpaired) electrons. The van der Waals surface area contributed by atoms with Gasteiger partial charge in [0.1, 0.15) is 6.61 Å². The number of carbonyl (C=O) groups is 3. The standard InChI is InChI=1S/C34H44Cl4N6O4/c1-39-34(47)40-12-5-17-48-41-31(22-42(2)33(46)24-18-25(35)21-26(36)19-24)28(23-7-8-29(37)30(38)20-23)11-16-43-14-9-27(10-15-43)44-13-4-3-6-32(44)45/h7-8,18-21,27-28H,3-6,9-17,22H2,1-2H3,(H2,39,40,47)/b41-31+. The van der Waals surface area contributed by atoms with E-state index in [4.69, 9.17) is 51.2 Å². The van der Waals surface area contributed by atoms with Crippen LogP contribution >= 0.6 is 46.4 Å². The summed E-state index contributed by atoms with van der Waals surface area (Å²) in [4.78, 5) is 49.4. The molecule has 0 spiro atoms. The maximum atomic E-state index is 13.5. The molecule has 48 heavy (non-hydrogen) atoms. The number of hydrogen-bond donors (Lipinski definition) is 2. The molecule has 2 aliphatic rings. The summed E-state index contributed by atoms with van der Waals surface area (Å²) in [6.45, 7) is 4.22. The normalized spacial score (nSPS) is 16.8. The van der Waals surface area contributed by atoms with Crippen molar-refractivity contribution in [2.75, 3.05) is 60.0 Å². The molecule has 10 nitrogen and oxygen atoms in total. The van der Waals surface area contributed by atoms with Gasteiger partial charge in [-0.25, -0.2) is 4.79 Å². The van der Waals surface area contributed by atoms with Gasteiger partial charge in [0.25, 0.3) is 5.91 Å². The van der Waals surface area contributed by atoms with E-state index in [1.54, 1.807) is 43.3 Å². The maximum absolute atomic E-state index is 13.5. The third-order valence-corrected chi connectivity index (χ3v) is 9.98. The minimum absolute atomic E-state index is 0.156. The molecular weight excluding hydrogens is 698 g/mol. The molecule has 2 fully saturated rings. The Kier molecular flexibility index (Phi) is 14.9. The number of oxime groups is 1. The Morgan fingerprint density at radius 1 is 1.02 bits per heavy atom. The molecule has 2 saturated heterocycles. The van der Waals surface area contributed by atoms with Crippen LogP contribution in [0.15, 0.2) is 41.6 Å². The first-order valence-corrected chi connectivity index (χ1v) is 17.9. The predicted octanol–water partition coefficient (Wildman–Crippen LogP) is 6.71. The lowest BCUT2D eigenvalue weighted by atomic mass is 9.89. The minimum atomic E-state index is -0.274. The monoisotopic (exact) mass is 740 g/mol. The van der Waals surface area contributed by atoms with E-state index >= 15 is 0 Å². The predicted molar refractivity (Wildman–Crippen MR) is 193 cm³/mol. The lowest BCUT2D eigenvalue weighted by Crippen LogP contribution is -2.49. The van der Waals surface area contributed by atoms with Crippen LogP contribution in [0, 0.1) is 0 Å². The van der Waals surface area contributed by atoms with Crippen LogP contribution in [0.3, 0.4) is 0 Å². The Balaban J connectivity index is 1.53. The zero-order valence-corrected chi connectivity index (χ0v) is 30.5. The van der Waals surface area contributed by atoms with E-state index in [9.17, 15) is 14.4 Å². The number of rotatable bonds is 14. The topological polar surface area (TPSA) is 107 Å². The maximum Gasteiger partial charge on any atom is 0.314 e. The lowest BCUT2D eigenvalue weighted by Gasteiger charge is -2.40. The first-order valence-electron chi connectivity index (χ1n) is 16.4. The van der Waals surface area contributed by atoms with E-state index in [2.05, 4.69) is 25.6 Å². The molecule has 4 amide bonds. The van der Waals surface area contributed by atoms with Gasteiger partial charge in [-0.2, -0.15) is 0 Å². The first kappa shape index (κ1) is 38.0. The SMILES string of the molecule is CNC(=O)NCCCO/N=C(\CN(C)C(=O)c1cc(Cl)cc(Cl)c1)C(CCN1CCC(N2CCCCC2=O)CC1)c1ccc(Cl)c(Cl)c1. The van der Waals surface area contributed by atoms with Gasteiger partial charge in [-0.15, -0.1) is 0 Å². The third-order valence-electron chi connectivity index (χ3n) is 8.80. The van der Waals surface area contributed by atoms with Crippen molar-refractivity contribution < 1.29 is 19.2 Å². The van der Waals surface area contributed by atoms with Crippen LogP contribution in [-0.4, -0.2) is 104 Å². The molecule has 2 aliphatic heterocycles. The van der Waals surface area contributed by atoms with Crippen molar-refractivity contribution in [2.45, 2.75) is 56.9 Å². The number of amides is 4. The van der Waals surface area contributed by atoms with Gasteiger partial charge < -0.3 is 30.2 Å². The molecule has 1 unspecified atom stereocenters. The summed E-state index contributed by atoms with van der Waals surface area (Å²) in [5.41, 5.74) is 1.88. The summed E-state index contributed by atoms with van der Waals surface area (Å²) in [5.74, 6) is -0.254. The lowest BCUT2D eigenvalue weighted by molar-refractivity contribution is -0.136. The average molecular weight is 743 g/mol. The van der Waals surface area contributed by atoms with Crippen molar-refractivity contribution >= 4 is 70.0 Å². The number of benzene rings is 2. The van der Waals surface area contributed by atoms with E-state index in [0.29, 0.717) is 63.2 Å². The quantitative estimate of drug-likeness (QED) is 0.127. The van der Waals surface area contributed by atoms with Crippen LogP contribution in [0.4, 0.5) is 4.79 Å². The zero-order valence-electron chi connectivity index (χ0n) is 27.5. The second kappa shape index (κ2) is 18.9.